The second-order valence-corrected chi connectivity index (χ2v) is 23.4. The molecule has 0 bridgehead atoms. The number of fused-ring (bicyclic) bond motifs is 12. The van der Waals surface area contributed by atoms with Gasteiger partial charge in [-0.1, -0.05) is 212 Å². The molecule has 0 atom stereocenters. The Kier molecular flexibility index (Phi) is 10.8. The first-order valence-electron chi connectivity index (χ1n) is 28.0. The largest absolute Gasteiger partial charge is 0.310 e. The Morgan fingerprint density at radius 1 is 0.449 bits per heavy atom. The van der Waals surface area contributed by atoms with Crippen molar-refractivity contribution in [3.63, 3.8) is 0 Å². The average molecular weight is 1010 g/mol. The van der Waals surface area contributed by atoms with Crippen molar-refractivity contribution in [1.29, 1.82) is 0 Å². The summed E-state index contributed by atoms with van der Waals surface area (Å²) in [5.74, 6) is 0. The molecule has 10 aromatic carbocycles. The molecule has 78 heavy (non-hydrogen) atoms. The number of hydrogen-bond donors (Lipinski definition) is 0. The van der Waals surface area contributed by atoms with Crippen LogP contribution in [0.25, 0.3) is 88.7 Å². The van der Waals surface area contributed by atoms with Gasteiger partial charge in [0.25, 0.3) is 0 Å². The number of hydrogen-bond acceptors (Lipinski definition) is 1. The van der Waals surface area contributed by atoms with E-state index in [1.165, 1.54) is 128 Å². The standard InChI is InChI=1S/C76H64N2/c1-9-11-24-48(10-2)55-43-44-56(49-25-14-12-15-26-49)73-71(55)61-47-65-60(46-66(61)76(73,7)8)57-42-41-53(45-64(57)75(65,5)6)77(69-36-23-33-63-72(69)58-29-18-20-32-62(58)74(63,3)4)52-39-37-50(38-40-52)54-31-22-35-68-70(54)59-30-19-21-34-67(59)78(68)51-27-16-13-17-28-51/h10-47H,9H2,1-8H3/b24-11-,48-10+. The van der Waals surface area contributed by atoms with Crippen LogP contribution >= 0.6 is 0 Å². The summed E-state index contributed by atoms with van der Waals surface area (Å²) >= 11 is 0. The molecule has 14 rings (SSSR count). The second kappa shape index (κ2) is 17.7. The highest BCUT2D eigenvalue weighted by Crippen LogP contribution is 2.61. The summed E-state index contributed by atoms with van der Waals surface area (Å²) in [5.41, 5.74) is 30.2. The minimum Gasteiger partial charge on any atom is -0.310 e. The van der Waals surface area contributed by atoms with E-state index >= 15 is 0 Å². The molecule has 1 aromatic heterocycles. The summed E-state index contributed by atoms with van der Waals surface area (Å²) in [6.45, 7) is 19.0. The smallest absolute Gasteiger partial charge is 0.0547 e. The summed E-state index contributed by atoms with van der Waals surface area (Å²) in [4.78, 5) is 2.54. The lowest BCUT2D eigenvalue weighted by molar-refractivity contribution is 0.653. The van der Waals surface area contributed by atoms with Crippen molar-refractivity contribution < 1.29 is 0 Å². The number of benzene rings is 10. The van der Waals surface area contributed by atoms with Gasteiger partial charge in [-0.2, -0.15) is 0 Å². The van der Waals surface area contributed by atoms with Crippen LogP contribution in [-0.2, 0) is 16.2 Å². The van der Waals surface area contributed by atoms with Crippen molar-refractivity contribution in [3.05, 3.63) is 269 Å². The summed E-state index contributed by atoms with van der Waals surface area (Å²) in [7, 11) is 0. The fourth-order valence-corrected chi connectivity index (χ4v) is 14.2. The summed E-state index contributed by atoms with van der Waals surface area (Å²) < 4.78 is 2.41. The molecule has 0 radical (unpaired) electrons. The van der Waals surface area contributed by atoms with Gasteiger partial charge in [0, 0.05) is 49.6 Å². The molecule has 0 saturated heterocycles. The zero-order chi connectivity index (χ0) is 53.2. The van der Waals surface area contributed by atoms with E-state index in [0.29, 0.717) is 0 Å². The van der Waals surface area contributed by atoms with Gasteiger partial charge in [-0.3, -0.25) is 0 Å². The predicted octanol–water partition coefficient (Wildman–Crippen LogP) is 20.9. The van der Waals surface area contributed by atoms with Crippen molar-refractivity contribution in [2.24, 2.45) is 0 Å². The number of nitrogens with zero attached hydrogens (tertiary/aromatic N) is 2. The van der Waals surface area contributed by atoms with Crippen molar-refractivity contribution in [2.75, 3.05) is 4.90 Å². The van der Waals surface area contributed by atoms with Crippen LogP contribution in [0.1, 0.15) is 101 Å². The molecule has 3 aliphatic carbocycles. The van der Waals surface area contributed by atoms with Crippen LogP contribution in [0.3, 0.4) is 0 Å². The fourth-order valence-electron chi connectivity index (χ4n) is 14.2. The van der Waals surface area contributed by atoms with Gasteiger partial charge in [0.2, 0.25) is 0 Å². The lowest BCUT2D eigenvalue weighted by atomic mass is 9.77. The minimum atomic E-state index is -0.286. The molecular weight excluding hydrogens is 941 g/mol. The third-order valence-corrected chi connectivity index (χ3v) is 18.0. The second-order valence-electron chi connectivity index (χ2n) is 23.4. The Balaban J connectivity index is 0.937. The van der Waals surface area contributed by atoms with E-state index in [9.17, 15) is 0 Å². The van der Waals surface area contributed by atoms with Crippen LogP contribution in [0.4, 0.5) is 17.1 Å². The zero-order valence-corrected chi connectivity index (χ0v) is 46.0. The minimum absolute atomic E-state index is 0.148. The maximum atomic E-state index is 2.59. The van der Waals surface area contributed by atoms with E-state index in [1.54, 1.807) is 0 Å². The average Bonchev–Trinajstić information content (AvgIpc) is 4.32. The summed E-state index contributed by atoms with van der Waals surface area (Å²) in [6, 6.07) is 80.0. The molecule has 0 spiro atoms. The van der Waals surface area contributed by atoms with Gasteiger partial charge in [0.05, 0.1) is 16.7 Å². The molecule has 0 saturated carbocycles. The molecule has 0 amide bonds. The van der Waals surface area contributed by atoms with Crippen LogP contribution in [0.5, 0.6) is 0 Å². The van der Waals surface area contributed by atoms with E-state index in [1.807, 2.05) is 0 Å². The fraction of sp³-hybridized carbons (Fsp3) is 0.158. The van der Waals surface area contributed by atoms with Crippen LogP contribution < -0.4 is 4.90 Å². The van der Waals surface area contributed by atoms with Gasteiger partial charge in [-0.25, -0.2) is 0 Å². The zero-order valence-electron chi connectivity index (χ0n) is 46.0. The topological polar surface area (TPSA) is 8.17 Å². The molecule has 11 aromatic rings. The molecule has 0 unspecified atom stereocenters. The van der Waals surface area contributed by atoms with Gasteiger partial charge < -0.3 is 9.47 Å². The molecule has 0 aliphatic heterocycles. The molecule has 2 nitrogen and oxygen atoms in total. The number of allylic oxidation sites excluding steroid dienone is 4. The van der Waals surface area contributed by atoms with Gasteiger partial charge >= 0.3 is 0 Å². The van der Waals surface area contributed by atoms with Gasteiger partial charge in [-0.15, -0.1) is 0 Å². The van der Waals surface area contributed by atoms with Crippen LogP contribution in [0, 0.1) is 0 Å². The highest BCUT2D eigenvalue weighted by Gasteiger charge is 2.45. The molecule has 0 fully saturated rings. The SMILES string of the molecule is C/C=C(\C=C/CC)c1ccc(-c2ccccc2)c2c1-c1cc3c(cc1C2(C)C)-c1ccc(N(c2ccc(-c4cccc5c4c4ccccc4n5-c4ccccc4)cc2)c2cccc4c2-c2ccccc2C4(C)C)cc1C3(C)C. The third kappa shape index (κ3) is 6.88. The maximum absolute atomic E-state index is 2.59. The Morgan fingerprint density at radius 3 is 1.83 bits per heavy atom. The highest BCUT2D eigenvalue weighted by atomic mass is 15.1. The van der Waals surface area contributed by atoms with Crippen molar-refractivity contribution >= 4 is 44.4 Å². The first-order valence-corrected chi connectivity index (χ1v) is 28.0. The molecular formula is C76H64N2. The Bertz CT molecular complexity index is 4310. The monoisotopic (exact) mass is 1000 g/mol. The quantitative estimate of drug-likeness (QED) is 0.131. The normalized spacial score (nSPS) is 15.1. The van der Waals surface area contributed by atoms with Crippen LogP contribution in [-0.4, -0.2) is 4.57 Å². The van der Waals surface area contributed by atoms with Crippen molar-refractivity contribution in [1.82, 2.24) is 4.57 Å². The van der Waals surface area contributed by atoms with Gasteiger partial charge in [-0.05, 0) is 175 Å². The Labute approximate surface area is 460 Å². The molecule has 378 valence electrons. The van der Waals surface area contributed by atoms with E-state index in [0.717, 1.165) is 23.5 Å². The maximum Gasteiger partial charge on any atom is 0.0547 e. The summed E-state index contributed by atoms with van der Waals surface area (Å²) in [5, 5.41) is 2.52. The van der Waals surface area contributed by atoms with Crippen LogP contribution in [0.2, 0.25) is 0 Å². The Morgan fingerprint density at radius 2 is 1.05 bits per heavy atom. The first kappa shape index (κ1) is 47.7. The van der Waals surface area contributed by atoms with Gasteiger partial charge in [0.15, 0.2) is 0 Å². The molecule has 1 heterocycles. The third-order valence-electron chi connectivity index (χ3n) is 18.0. The number of rotatable bonds is 9. The number of para-hydroxylation sites is 2. The first-order chi connectivity index (χ1) is 37.9. The van der Waals surface area contributed by atoms with Crippen molar-refractivity contribution in [3.8, 4) is 61.3 Å². The van der Waals surface area contributed by atoms with E-state index < -0.39 is 0 Å². The van der Waals surface area contributed by atoms with E-state index in [2.05, 4.69) is 295 Å². The lowest BCUT2D eigenvalue weighted by Crippen LogP contribution is -2.18. The van der Waals surface area contributed by atoms with E-state index in [-0.39, 0.29) is 16.2 Å². The van der Waals surface area contributed by atoms with Crippen molar-refractivity contribution in [2.45, 2.75) is 78.1 Å². The lowest BCUT2D eigenvalue weighted by Gasteiger charge is -2.30. The summed E-state index contributed by atoms with van der Waals surface area (Å²) in [6.07, 6.45) is 7.90. The van der Waals surface area contributed by atoms with Crippen LogP contribution in [0.15, 0.2) is 231 Å². The molecule has 0 N–H and O–H groups in total. The number of aromatic nitrogens is 1. The van der Waals surface area contributed by atoms with E-state index in [4.69, 9.17) is 0 Å². The number of anilines is 3. The van der Waals surface area contributed by atoms with Gasteiger partial charge in [0.1, 0.15) is 0 Å². The Hall–Kier alpha value is -8.72. The molecule has 3 aliphatic rings. The molecule has 2 heteroatoms. The predicted molar refractivity (Wildman–Crippen MR) is 332 cm³/mol. The highest BCUT2D eigenvalue weighted by molar-refractivity contribution is 6.16.